The quantitative estimate of drug-likeness (QED) is 0.453. The highest BCUT2D eigenvalue weighted by atomic mass is 79.9. The first-order valence-electron chi connectivity index (χ1n) is 9.95. The molecular weight excluding hydrogens is 464 g/mol. The molecule has 0 radical (unpaired) electrons. The summed E-state index contributed by atoms with van der Waals surface area (Å²) in [5.41, 5.74) is 0.714. The van der Waals surface area contributed by atoms with Crippen LogP contribution in [-0.2, 0) is 9.59 Å². The van der Waals surface area contributed by atoms with E-state index >= 15 is 0 Å². The first-order chi connectivity index (χ1) is 14.8. The van der Waals surface area contributed by atoms with Crippen molar-refractivity contribution in [1.29, 1.82) is 0 Å². The minimum absolute atomic E-state index is 0.0520. The van der Waals surface area contributed by atoms with Crippen LogP contribution in [0.25, 0.3) is 6.08 Å². The zero-order chi connectivity index (χ0) is 22.5. The summed E-state index contributed by atoms with van der Waals surface area (Å²) in [4.78, 5) is 38.9. The van der Waals surface area contributed by atoms with Crippen LogP contribution in [0.15, 0.2) is 52.5 Å². The van der Waals surface area contributed by atoms with Crippen LogP contribution in [0.4, 0.5) is 10.5 Å². The average molecular weight is 487 g/mol. The second-order valence-corrected chi connectivity index (χ2v) is 7.74. The third-order valence-corrected chi connectivity index (χ3v) is 5.30. The molecule has 31 heavy (non-hydrogen) atoms. The van der Waals surface area contributed by atoms with Gasteiger partial charge in [0, 0.05) is 0 Å². The first-order valence-corrected chi connectivity index (χ1v) is 10.7. The van der Waals surface area contributed by atoms with Crippen molar-refractivity contribution in [3.05, 3.63) is 58.1 Å². The average Bonchev–Trinajstić information content (AvgIpc) is 2.74. The summed E-state index contributed by atoms with van der Waals surface area (Å²) in [6, 6.07) is 11.1. The van der Waals surface area contributed by atoms with E-state index in [1.165, 1.54) is 6.08 Å². The fourth-order valence-corrected chi connectivity index (χ4v) is 3.45. The first kappa shape index (κ1) is 22.6. The van der Waals surface area contributed by atoms with E-state index in [2.05, 4.69) is 21.2 Å². The van der Waals surface area contributed by atoms with Crippen molar-refractivity contribution in [3.63, 3.8) is 0 Å². The summed E-state index contributed by atoms with van der Waals surface area (Å²) < 4.78 is 12.1. The number of imide groups is 2. The molecule has 1 N–H and O–H groups in total. The van der Waals surface area contributed by atoms with Gasteiger partial charge in [0.25, 0.3) is 11.8 Å². The summed E-state index contributed by atoms with van der Waals surface area (Å²) in [5, 5.41) is 2.22. The van der Waals surface area contributed by atoms with Crippen molar-refractivity contribution in [2.75, 3.05) is 11.5 Å². The van der Waals surface area contributed by atoms with Gasteiger partial charge < -0.3 is 9.47 Å². The Labute approximate surface area is 189 Å². The maximum atomic E-state index is 13.1. The Kier molecular flexibility index (Phi) is 7.12. The van der Waals surface area contributed by atoms with Gasteiger partial charge in [0.1, 0.15) is 17.1 Å². The number of halogens is 1. The molecule has 4 amide bonds. The summed E-state index contributed by atoms with van der Waals surface area (Å²) in [6.07, 6.45) is 2.36. The van der Waals surface area contributed by atoms with Crippen LogP contribution in [0.3, 0.4) is 0 Å². The molecule has 0 unspecified atom stereocenters. The lowest BCUT2D eigenvalue weighted by Crippen LogP contribution is -2.54. The van der Waals surface area contributed by atoms with Gasteiger partial charge in [0.15, 0.2) is 0 Å². The molecular formula is C23H23BrN2O5. The van der Waals surface area contributed by atoms with Gasteiger partial charge in [-0.1, -0.05) is 25.1 Å². The number of amides is 4. The van der Waals surface area contributed by atoms with Gasteiger partial charge in [-0.2, -0.15) is 0 Å². The Morgan fingerprint density at radius 2 is 1.84 bits per heavy atom. The minimum Gasteiger partial charge on any atom is -0.492 e. The van der Waals surface area contributed by atoms with Crippen LogP contribution >= 0.6 is 15.9 Å². The molecule has 2 aromatic rings. The smallest absolute Gasteiger partial charge is 0.336 e. The molecule has 1 aliphatic rings. The zero-order valence-electron chi connectivity index (χ0n) is 17.5. The number of carbonyl (C=O) groups is 3. The molecule has 1 aliphatic heterocycles. The summed E-state index contributed by atoms with van der Waals surface area (Å²) >= 11 is 3.46. The standard InChI is InChI=1S/C23H23BrN2O5/c1-4-14(3)31-19-11-10-15(13-17(19)24)12-16-21(27)25-23(29)26(22(16)28)18-8-6-7-9-20(18)30-5-2/h6-14H,4-5H2,1-3H3,(H,25,27,29)/b16-12+/t14-/m0/s1. The maximum absolute atomic E-state index is 13.1. The number of ether oxygens (including phenoxy) is 2. The van der Waals surface area contributed by atoms with Crippen LogP contribution in [0.5, 0.6) is 11.5 Å². The molecule has 0 aliphatic carbocycles. The molecule has 0 spiro atoms. The van der Waals surface area contributed by atoms with Crippen molar-refractivity contribution in [2.45, 2.75) is 33.3 Å². The van der Waals surface area contributed by atoms with Gasteiger partial charge in [-0.15, -0.1) is 0 Å². The van der Waals surface area contributed by atoms with E-state index in [-0.39, 0.29) is 17.4 Å². The molecule has 1 fully saturated rings. The molecule has 1 saturated heterocycles. The third kappa shape index (κ3) is 4.96. The highest BCUT2D eigenvalue weighted by Crippen LogP contribution is 2.32. The second-order valence-electron chi connectivity index (χ2n) is 6.89. The van der Waals surface area contributed by atoms with Gasteiger partial charge in [0.05, 0.1) is 22.9 Å². The molecule has 1 heterocycles. The van der Waals surface area contributed by atoms with Crippen LogP contribution in [0, 0.1) is 0 Å². The normalized spacial score (nSPS) is 16.3. The number of nitrogens with one attached hydrogen (secondary N) is 1. The van der Waals surface area contributed by atoms with E-state index in [9.17, 15) is 14.4 Å². The van der Waals surface area contributed by atoms with Crippen molar-refractivity contribution in [2.24, 2.45) is 0 Å². The van der Waals surface area contributed by atoms with E-state index in [0.717, 1.165) is 11.3 Å². The molecule has 1 atom stereocenters. The monoisotopic (exact) mass is 486 g/mol. The molecule has 2 aromatic carbocycles. The Hall–Kier alpha value is -3.13. The lowest BCUT2D eigenvalue weighted by molar-refractivity contribution is -0.122. The van der Waals surface area contributed by atoms with Crippen LogP contribution in [0.2, 0.25) is 0 Å². The minimum atomic E-state index is -0.821. The van der Waals surface area contributed by atoms with E-state index in [1.807, 2.05) is 13.8 Å². The Morgan fingerprint density at radius 3 is 2.52 bits per heavy atom. The molecule has 8 heteroatoms. The van der Waals surface area contributed by atoms with Gasteiger partial charge in [-0.25, -0.2) is 9.69 Å². The van der Waals surface area contributed by atoms with Crippen molar-refractivity contribution < 1.29 is 23.9 Å². The molecule has 7 nitrogen and oxygen atoms in total. The Balaban J connectivity index is 1.95. The zero-order valence-corrected chi connectivity index (χ0v) is 19.1. The van der Waals surface area contributed by atoms with Gasteiger partial charge in [-0.3, -0.25) is 14.9 Å². The highest BCUT2D eigenvalue weighted by molar-refractivity contribution is 9.10. The van der Waals surface area contributed by atoms with Crippen LogP contribution in [0.1, 0.15) is 32.8 Å². The number of hydrogen-bond donors (Lipinski definition) is 1. The maximum Gasteiger partial charge on any atom is 0.336 e. The number of barbiturate groups is 1. The number of hydrogen-bond acceptors (Lipinski definition) is 5. The van der Waals surface area contributed by atoms with Crippen LogP contribution in [-0.4, -0.2) is 30.6 Å². The second kappa shape index (κ2) is 9.78. The number of urea groups is 1. The number of benzene rings is 2. The Morgan fingerprint density at radius 1 is 1.10 bits per heavy atom. The number of carbonyl (C=O) groups excluding carboxylic acids is 3. The summed E-state index contributed by atoms with van der Waals surface area (Å²) in [5.74, 6) is -0.442. The van der Waals surface area contributed by atoms with E-state index < -0.39 is 17.8 Å². The van der Waals surface area contributed by atoms with Crippen molar-refractivity contribution >= 4 is 45.5 Å². The summed E-state index contributed by atoms with van der Waals surface area (Å²) in [6.45, 7) is 6.16. The van der Waals surface area contributed by atoms with E-state index in [0.29, 0.717) is 28.1 Å². The number of anilines is 1. The fourth-order valence-electron chi connectivity index (χ4n) is 2.96. The molecule has 0 saturated carbocycles. The lowest BCUT2D eigenvalue weighted by Gasteiger charge is -2.27. The van der Waals surface area contributed by atoms with Crippen molar-refractivity contribution in [1.82, 2.24) is 5.32 Å². The highest BCUT2D eigenvalue weighted by Gasteiger charge is 2.38. The fraction of sp³-hybridized carbons (Fsp3) is 0.261. The molecule has 0 aromatic heterocycles. The summed E-state index contributed by atoms with van der Waals surface area (Å²) in [7, 11) is 0. The predicted molar refractivity (Wildman–Crippen MR) is 121 cm³/mol. The largest absolute Gasteiger partial charge is 0.492 e. The third-order valence-electron chi connectivity index (χ3n) is 4.68. The number of nitrogens with zero attached hydrogens (tertiary/aromatic N) is 1. The molecule has 162 valence electrons. The topological polar surface area (TPSA) is 84.9 Å². The van der Waals surface area contributed by atoms with Gasteiger partial charge in [-0.05, 0) is 72.1 Å². The molecule has 3 rings (SSSR count). The van der Waals surface area contributed by atoms with E-state index in [1.54, 1.807) is 49.4 Å². The SMILES string of the molecule is CCOc1ccccc1N1C(=O)NC(=O)/C(=C\c2ccc(O[C@@H](C)CC)c(Br)c2)C1=O. The van der Waals surface area contributed by atoms with E-state index in [4.69, 9.17) is 9.47 Å². The van der Waals surface area contributed by atoms with Crippen LogP contribution < -0.4 is 19.7 Å². The molecule has 0 bridgehead atoms. The predicted octanol–water partition coefficient (Wildman–Crippen LogP) is 4.69. The van der Waals surface area contributed by atoms with Crippen molar-refractivity contribution in [3.8, 4) is 11.5 Å². The number of rotatable bonds is 7. The lowest BCUT2D eigenvalue weighted by atomic mass is 10.1. The Bertz CT molecular complexity index is 1050. The van der Waals surface area contributed by atoms with Gasteiger partial charge in [0.2, 0.25) is 0 Å². The van der Waals surface area contributed by atoms with Gasteiger partial charge >= 0.3 is 6.03 Å². The number of para-hydroxylation sites is 2.